The summed E-state index contributed by atoms with van der Waals surface area (Å²) in [5, 5.41) is 23.1. The van der Waals surface area contributed by atoms with E-state index in [1.807, 2.05) is 24.3 Å². The third-order valence-electron chi connectivity index (χ3n) is 3.36. The monoisotopic (exact) mass is 342 g/mol. The first-order valence-corrected chi connectivity index (χ1v) is 7.21. The number of benzene rings is 1. The molecular formula is C15H14N6O4. The summed E-state index contributed by atoms with van der Waals surface area (Å²) < 4.78 is 6.82. The van der Waals surface area contributed by atoms with Gasteiger partial charge in [-0.15, -0.1) is 5.10 Å². The number of H-pyrrole nitrogens is 1. The quantitative estimate of drug-likeness (QED) is 0.519. The average Bonchev–Trinajstić information content (AvgIpc) is 3.25. The molecule has 2 aromatic heterocycles. The Morgan fingerprint density at radius 2 is 2.28 bits per heavy atom. The number of amides is 1. The molecule has 0 aliphatic carbocycles. The van der Waals surface area contributed by atoms with Crippen molar-refractivity contribution < 1.29 is 14.5 Å². The Labute approximate surface area is 141 Å². The van der Waals surface area contributed by atoms with Crippen molar-refractivity contribution in [3.8, 4) is 5.75 Å². The zero-order valence-electron chi connectivity index (χ0n) is 13.2. The highest BCUT2D eigenvalue weighted by molar-refractivity contribution is 6.02. The normalized spacial score (nSPS) is 10.4. The Bertz CT molecular complexity index is 916. The Kier molecular flexibility index (Phi) is 4.42. The first kappa shape index (κ1) is 16.2. The fourth-order valence-corrected chi connectivity index (χ4v) is 2.19. The lowest BCUT2D eigenvalue weighted by atomic mass is 10.2. The molecule has 0 radical (unpaired) electrons. The molecule has 0 aliphatic heterocycles. The molecule has 25 heavy (non-hydrogen) atoms. The van der Waals surface area contributed by atoms with Gasteiger partial charge in [0, 0.05) is 6.20 Å². The van der Waals surface area contributed by atoms with Gasteiger partial charge in [-0.05, 0) is 22.6 Å². The third-order valence-corrected chi connectivity index (χ3v) is 3.36. The van der Waals surface area contributed by atoms with Gasteiger partial charge in [-0.1, -0.05) is 17.2 Å². The van der Waals surface area contributed by atoms with Crippen molar-refractivity contribution in [2.45, 2.75) is 6.54 Å². The Hall–Kier alpha value is -3.69. The number of hydrogen-bond acceptors (Lipinski definition) is 6. The van der Waals surface area contributed by atoms with Gasteiger partial charge in [-0.3, -0.25) is 9.48 Å². The van der Waals surface area contributed by atoms with E-state index in [1.165, 1.54) is 6.20 Å². The van der Waals surface area contributed by atoms with E-state index in [0.717, 1.165) is 17.4 Å². The maximum absolute atomic E-state index is 12.0. The lowest BCUT2D eigenvalue weighted by molar-refractivity contribution is -0.389. The first-order valence-electron chi connectivity index (χ1n) is 7.21. The van der Waals surface area contributed by atoms with Gasteiger partial charge in [0.15, 0.2) is 5.69 Å². The Morgan fingerprint density at radius 3 is 3.00 bits per heavy atom. The van der Waals surface area contributed by atoms with Gasteiger partial charge in [0.2, 0.25) is 0 Å². The predicted octanol–water partition coefficient (Wildman–Crippen LogP) is 1.82. The highest BCUT2D eigenvalue weighted by atomic mass is 16.6. The summed E-state index contributed by atoms with van der Waals surface area (Å²) >= 11 is 0. The van der Waals surface area contributed by atoms with Crippen molar-refractivity contribution in [3.63, 3.8) is 0 Å². The third kappa shape index (κ3) is 3.80. The molecule has 10 heteroatoms. The van der Waals surface area contributed by atoms with E-state index in [1.54, 1.807) is 18.0 Å². The summed E-state index contributed by atoms with van der Waals surface area (Å²) in [4.78, 5) is 22.0. The smallest absolute Gasteiger partial charge is 0.343 e. The molecule has 0 saturated heterocycles. The van der Waals surface area contributed by atoms with E-state index < -0.39 is 10.8 Å². The molecule has 3 rings (SSSR count). The molecule has 0 saturated carbocycles. The predicted molar refractivity (Wildman–Crippen MR) is 87.5 cm³/mol. The Balaban J connectivity index is 1.66. The zero-order valence-corrected chi connectivity index (χ0v) is 13.2. The molecule has 10 nitrogen and oxygen atoms in total. The fraction of sp³-hybridized carbons (Fsp3) is 0.133. The van der Waals surface area contributed by atoms with E-state index in [2.05, 4.69) is 20.6 Å². The topological polar surface area (TPSA) is 128 Å². The summed E-state index contributed by atoms with van der Waals surface area (Å²) in [6, 6.07) is 8.62. The van der Waals surface area contributed by atoms with E-state index in [9.17, 15) is 14.9 Å². The molecule has 1 amide bonds. The molecular weight excluding hydrogens is 328 g/mol. The molecule has 128 valence electrons. The summed E-state index contributed by atoms with van der Waals surface area (Å²) in [6.45, 7) is 0.501. The van der Waals surface area contributed by atoms with Crippen LogP contribution in [-0.2, 0) is 6.54 Å². The van der Waals surface area contributed by atoms with E-state index in [0.29, 0.717) is 12.2 Å². The number of methoxy groups -OCH3 is 1. The lowest BCUT2D eigenvalue weighted by Gasteiger charge is -2.04. The number of aromatic nitrogens is 4. The maximum atomic E-state index is 12.0. The van der Waals surface area contributed by atoms with Crippen LogP contribution in [0.2, 0.25) is 0 Å². The van der Waals surface area contributed by atoms with E-state index in [4.69, 9.17) is 4.74 Å². The molecule has 2 heterocycles. The van der Waals surface area contributed by atoms with Gasteiger partial charge in [-0.2, -0.15) is 5.10 Å². The van der Waals surface area contributed by atoms with Gasteiger partial charge in [0.05, 0.1) is 31.6 Å². The Morgan fingerprint density at radius 1 is 1.44 bits per heavy atom. The molecule has 0 fully saturated rings. The molecule has 0 atom stereocenters. The van der Waals surface area contributed by atoms with Gasteiger partial charge >= 0.3 is 5.82 Å². The van der Waals surface area contributed by atoms with Gasteiger partial charge in [0.1, 0.15) is 5.75 Å². The number of ether oxygens (including phenoxy) is 1. The van der Waals surface area contributed by atoms with Crippen LogP contribution in [0.25, 0.3) is 0 Å². The summed E-state index contributed by atoms with van der Waals surface area (Å²) in [7, 11) is 1.60. The van der Waals surface area contributed by atoms with Crippen molar-refractivity contribution in [1.29, 1.82) is 0 Å². The number of nitrogens with zero attached hydrogens (tertiary/aromatic N) is 4. The number of carbonyl (C=O) groups is 1. The van der Waals surface area contributed by atoms with Gasteiger partial charge in [-0.25, -0.2) is 0 Å². The molecule has 0 unspecified atom stereocenters. The van der Waals surface area contributed by atoms with Crippen molar-refractivity contribution >= 4 is 17.4 Å². The summed E-state index contributed by atoms with van der Waals surface area (Å²) in [5.41, 5.74) is 1.37. The van der Waals surface area contributed by atoms with Crippen molar-refractivity contribution in [1.82, 2.24) is 20.0 Å². The number of aromatic amines is 1. The highest BCUT2D eigenvalue weighted by Gasteiger charge is 2.17. The van der Waals surface area contributed by atoms with Crippen LogP contribution in [0.4, 0.5) is 11.5 Å². The SMILES string of the molecule is COc1cccc(Cn2cc(NC(=O)c3cc([N+](=O)[O-])[nH]n3)cn2)c1. The van der Waals surface area contributed by atoms with Crippen LogP contribution >= 0.6 is 0 Å². The van der Waals surface area contributed by atoms with E-state index in [-0.39, 0.29) is 11.5 Å². The number of anilines is 1. The van der Waals surface area contributed by atoms with Crippen molar-refractivity contribution in [2.24, 2.45) is 0 Å². The lowest BCUT2D eigenvalue weighted by Crippen LogP contribution is -2.11. The molecule has 1 aromatic carbocycles. The minimum atomic E-state index is -0.657. The molecule has 2 N–H and O–H groups in total. The van der Waals surface area contributed by atoms with Crippen LogP contribution in [0.15, 0.2) is 42.7 Å². The average molecular weight is 342 g/mol. The van der Waals surface area contributed by atoms with E-state index >= 15 is 0 Å². The number of carbonyl (C=O) groups excluding carboxylic acids is 1. The number of hydrogen-bond donors (Lipinski definition) is 2. The van der Waals surface area contributed by atoms with Crippen molar-refractivity contribution in [2.75, 3.05) is 12.4 Å². The number of nitrogens with one attached hydrogen (secondary N) is 2. The van der Waals surface area contributed by atoms with Crippen LogP contribution in [0, 0.1) is 10.1 Å². The fourth-order valence-electron chi connectivity index (χ4n) is 2.19. The molecule has 0 bridgehead atoms. The molecule has 3 aromatic rings. The van der Waals surface area contributed by atoms with Crippen LogP contribution in [0.5, 0.6) is 5.75 Å². The second-order valence-electron chi connectivity index (χ2n) is 5.13. The molecule has 0 spiro atoms. The van der Waals surface area contributed by atoms with Crippen molar-refractivity contribution in [3.05, 3.63) is 64.1 Å². The largest absolute Gasteiger partial charge is 0.497 e. The van der Waals surface area contributed by atoms with Gasteiger partial charge in [0.25, 0.3) is 5.91 Å². The standard InChI is InChI=1S/C15H14N6O4/c1-25-12-4-2-3-10(5-12)8-20-9-11(7-16-20)17-15(22)13-6-14(19-18-13)21(23)24/h2-7,9H,8H2,1H3,(H,17,22)(H,18,19). The second kappa shape index (κ2) is 6.83. The minimum Gasteiger partial charge on any atom is -0.497 e. The number of nitro groups is 1. The minimum absolute atomic E-state index is 0.0766. The van der Waals surface area contributed by atoms with Crippen LogP contribution in [-0.4, -0.2) is 37.9 Å². The van der Waals surface area contributed by atoms with Crippen LogP contribution in [0.1, 0.15) is 16.1 Å². The highest BCUT2D eigenvalue weighted by Crippen LogP contribution is 2.15. The van der Waals surface area contributed by atoms with Crippen LogP contribution in [0.3, 0.4) is 0 Å². The molecule has 0 aliphatic rings. The zero-order chi connectivity index (χ0) is 17.8. The first-order chi connectivity index (χ1) is 12.0. The number of rotatable bonds is 6. The second-order valence-corrected chi connectivity index (χ2v) is 5.13. The van der Waals surface area contributed by atoms with Crippen LogP contribution < -0.4 is 10.1 Å². The maximum Gasteiger partial charge on any atom is 0.343 e. The summed E-state index contributed by atoms with van der Waals surface area (Å²) in [6.07, 6.45) is 3.14. The summed E-state index contributed by atoms with van der Waals surface area (Å²) in [5.74, 6) is -0.164. The van der Waals surface area contributed by atoms with Gasteiger partial charge < -0.3 is 20.2 Å².